The van der Waals surface area contributed by atoms with Crippen LogP contribution in [0, 0.1) is 0 Å². The summed E-state index contributed by atoms with van der Waals surface area (Å²) in [4.78, 5) is 0. The normalized spacial score (nSPS) is 19.8. The van der Waals surface area contributed by atoms with E-state index < -0.39 is 0 Å². The van der Waals surface area contributed by atoms with E-state index in [4.69, 9.17) is 0 Å². The van der Waals surface area contributed by atoms with Crippen molar-refractivity contribution in [1.82, 2.24) is 10.6 Å². The maximum atomic E-state index is 9.57. The van der Waals surface area contributed by atoms with Crippen molar-refractivity contribution >= 4 is 24.8 Å². The number of phenols is 4. The number of hydrogen-bond acceptors (Lipinski definition) is 6. The highest BCUT2D eigenvalue weighted by atomic mass is 35.5. The van der Waals surface area contributed by atoms with E-state index in [1.165, 1.54) is 12.1 Å². The molecule has 2 aromatic carbocycles. The van der Waals surface area contributed by atoms with Crippen LogP contribution in [0.3, 0.4) is 0 Å². The fourth-order valence-electron chi connectivity index (χ4n) is 2.65. The first-order valence-corrected chi connectivity index (χ1v) is 7.05. The predicted molar refractivity (Wildman–Crippen MR) is 95.5 cm³/mol. The van der Waals surface area contributed by atoms with Gasteiger partial charge in [0.15, 0.2) is 23.0 Å². The van der Waals surface area contributed by atoms with Crippen LogP contribution in [-0.2, 0) is 0 Å². The first-order chi connectivity index (χ1) is 10.5. The second kappa shape index (κ2) is 8.30. The van der Waals surface area contributed by atoms with Gasteiger partial charge in [-0.25, -0.2) is 0 Å². The van der Waals surface area contributed by atoms with Gasteiger partial charge in [0.1, 0.15) is 0 Å². The van der Waals surface area contributed by atoms with Crippen molar-refractivity contribution in [2.45, 2.75) is 12.1 Å². The number of benzene rings is 2. The Labute approximate surface area is 152 Å². The Bertz CT molecular complexity index is 632. The molecule has 0 spiro atoms. The van der Waals surface area contributed by atoms with Crippen molar-refractivity contribution in [3.8, 4) is 23.0 Å². The minimum Gasteiger partial charge on any atom is -0.504 e. The highest BCUT2D eigenvalue weighted by Gasteiger charge is 2.23. The summed E-state index contributed by atoms with van der Waals surface area (Å²) in [7, 11) is 0. The Morgan fingerprint density at radius 1 is 0.625 bits per heavy atom. The molecule has 0 saturated carbocycles. The molecule has 0 aromatic heterocycles. The number of rotatable bonds is 2. The van der Waals surface area contributed by atoms with Crippen molar-refractivity contribution < 1.29 is 20.4 Å². The van der Waals surface area contributed by atoms with Gasteiger partial charge in [0.2, 0.25) is 0 Å². The van der Waals surface area contributed by atoms with E-state index in [1.54, 1.807) is 24.3 Å². The van der Waals surface area contributed by atoms with E-state index in [9.17, 15) is 20.4 Å². The van der Waals surface area contributed by atoms with Gasteiger partial charge in [0, 0.05) is 25.2 Å². The Hall–Kier alpha value is -1.86. The summed E-state index contributed by atoms with van der Waals surface area (Å²) >= 11 is 0. The van der Waals surface area contributed by atoms with Crippen LogP contribution in [-0.4, -0.2) is 33.5 Å². The molecule has 1 heterocycles. The molecule has 1 saturated heterocycles. The molecule has 132 valence electrons. The Kier molecular flexibility index (Phi) is 6.98. The van der Waals surface area contributed by atoms with Crippen LogP contribution in [0.1, 0.15) is 23.2 Å². The minimum absolute atomic E-state index is 0. The number of nitrogens with one attached hydrogen (secondary N) is 2. The number of hydrogen-bond donors (Lipinski definition) is 6. The molecule has 1 fully saturated rings. The first-order valence-electron chi connectivity index (χ1n) is 7.05. The van der Waals surface area contributed by atoms with Gasteiger partial charge in [0.05, 0.1) is 0 Å². The molecule has 0 radical (unpaired) electrons. The van der Waals surface area contributed by atoms with Gasteiger partial charge in [-0.15, -0.1) is 24.8 Å². The number of halogens is 2. The summed E-state index contributed by atoms with van der Waals surface area (Å²) in [6.45, 7) is 1.27. The summed E-state index contributed by atoms with van der Waals surface area (Å²) in [5.74, 6) is -0.537. The van der Waals surface area contributed by atoms with Crippen LogP contribution in [0.4, 0.5) is 0 Å². The summed E-state index contributed by atoms with van der Waals surface area (Å²) < 4.78 is 0. The standard InChI is InChI=1S/C16H18N2O4.2ClH/c19-13-3-1-9(5-15(13)21)11-7-18-12(8-17-11)10-2-4-14(20)16(22)6-10;;/h1-6,11-12,17-22H,7-8H2;2*1H. The van der Waals surface area contributed by atoms with Gasteiger partial charge in [-0.1, -0.05) is 12.1 Å². The Morgan fingerprint density at radius 3 is 1.29 bits per heavy atom. The third kappa shape index (κ3) is 4.15. The van der Waals surface area contributed by atoms with E-state index in [2.05, 4.69) is 10.6 Å². The van der Waals surface area contributed by atoms with Crippen LogP contribution in [0.5, 0.6) is 23.0 Å². The summed E-state index contributed by atoms with van der Waals surface area (Å²) in [6, 6.07) is 9.60. The second-order valence-electron chi connectivity index (χ2n) is 5.42. The highest BCUT2D eigenvalue weighted by molar-refractivity contribution is 5.85. The molecular weight excluding hydrogens is 355 g/mol. The van der Waals surface area contributed by atoms with Crippen LogP contribution in [0.25, 0.3) is 0 Å². The molecule has 6 nitrogen and oxygen atoms in total. The van der Waals surface area contributed by atoms with Crippen molar-refractivity contribution in [3.05, 3.63) is 47.5 Å². The molecule has 2 aromatic rings. The molecule has 2 atom stereocenters. The summed E-state index contributed by atoms with van der Waals surface area (Å²) in [5, 5.41) is 44.6. The molecule has 24 heavy (non-hydrogen) atoms. The third-order valence-electron chi connectivity index (χ3n) is 3.94. The van der Waals surface area contributed by atoms with E-state index in [0.29, 0.717) is 13.1 Å². The summed E-state index contributed by atoms with van der Waals surface area (Å²) in [5.41, 5.74) is 1.77. The molecule has 1 aliphatic heterocycles. The van der Waals surface area contributed by atoms with Gasteiger partial charge in [-0.05, 0) is 35.4 Å². The van der Waals surface area contributed by atoms with Crippen LogP contribution < -0.4 is 10.6 Å². The van der Waals surface area contributed by atoms with E-state index in [1.807, 2.05) is 0 Å². The lowest BCUT2D eigenvalue weighted by molar-refractivity contribution is 0.352. The van der Waals surface area contributed by atoms with Crippen LogP contribution in [0.2, 0.25) is 0 Å². The van der Waals surface area contributed by atoms with E-state index >= 15 is 0 Å². The average Bonchev–Trinajstić information content (AvgIpc) is 2.53. The fourth-order valence-corrected chi connectivity index (χ4v) is 2.65. The lowest BCUT2D eigenvalue weighted by Gasteiger charge is -2.32. The zero-order valence-electron chi connectivity index (χ0n) is 12.6. The Morgan fingerprint density at radius 2 is 1.00 bits per heavy atom. The van der Waals surface area contributed by atoms with Gasteiger partial charge in [-0.3, -0.25) is 0 Å². The largest absolute Gasteiger partial charge is 0.504 e. The molecular formula is C16H20Cl2N2O4. The lowest BCUT2D eigenvalue weighted by atomic mass is 9.99. The molecule has 0 aliphatic carbocycles. The fraction of sp³-hybridized carbons (Fsp3) is 0.250. The quantitative estimate of drug-likeness (QED) is 0.450. The average molecular weight is 375 g/mol. The van der Waals surface area contributed by atoms with Crippen molar-refractivity contribution in [3.63, 3.8) is 0 Å². The SMILES string of the molecule is Cl.Cl.Oc1ccc(C2CNC(c3ccc(O)c(O)c3)CN2)cc1O. The van der Waals surface area contributed by atoms with Crippen LogP contribution >= 0.6 is 24.8 Å². The predicted octanol–water partition coefficient (Wildman–Crippen LogP) is 2.33. The number of aromatic hydroxyl groups is 4. The topological polar surface area (TPSA) is 105 Å². The maximum Gasteiger partial charge on any atom is 0.157 e. The highest BCUT2D eigenvalue weighted by Crippen LogP contribution is 2.31. The zero-order chi connectivity index (χ0) is 15.7. The molecule has 0 amide bonds. The molecule has 6 N–H and O–H groups in total. The third-order valence-corrected chi connectivity index (χ3v) is 3.94. The smallest absolute Gasteiger partial charge is 0.157 e. The molecule has 1 aliphatic rings. The molecule has 0 bridgehead atoms. The number of phenolic OH excluding ortho intramolecular Hbond substituents is 4. The molecule has 3 rings (SSSR count). The minimum atomic E-state index is -0.134. The molecule has 8 heteroatoms. The van der Waals surface area contributed by atoms with Gasteiger partial charge in [0.25, 0.3) is 0 Å². The number of piperazine rings is 1. The first kappa shape index (κ1) is 20.2. The van der Waals surface area contributed by atoms with Crippen molar-refractivity contribution in [2.24, 2.45) is 0 Å². The lowest BCUT2D eigenvalue weighted by Crippen LogP contribution is -2.45. The van der Waals surface area contributed by atoms with Gasteiger partial charge < -0.3 is 31.1 Å². The van der Waals surface area contributed by atoms with Crippen molar-refractivity contribution in [2.75, 3.05) is 13.1 Å². The van der Waals surface area contributed by atoms with Gasteiger partial charge >= 0.3 is 0 Å². The van der Waals surface area contributed by atoms with E-state index in [0.717, 1.165) is 11.1 Å². The zero-order valence-corrected chi connectivity index (χ0v) is 14.3. The second-order valence-corrected chi connectivity index (χ2v) is 5.42. The summed E-state index contributed by atoms with van der Waals surface area (Å²) in [6.07, 6.45) is 0. The Balaban J connectivity index is 0.00000144. The maximum absolute atomic E-state index is 9.57. The molecule has 2 unspecified atom stereocenters. The van der Waals surface area contributed by atoms with Crippen LogP contribution in [0.15, 0.2) is 36.4 Å². The van der Waals surface area contributed by atoms with Crippen molar-refractivity contribution in [1.29, 1.82) is 0 Å². The van der Waals surface area contributed by atoms with E-state index in [-0.39, 0.29) is 59.9 Å². The van der Waals surface area contributed by atoms with Gasteiger partial charge in [-0.2, -0.15) is 0 Å². The monoisotopic (exact) mass is 374 g/mol.